The lowest BCUT2D eigenvalue weighted by molar-refractivity contribution is -0.384. The van der Waals surface area contributed by atoms with Crippen LogP contribution in [0.1, 0.15) is 11.3 Å². The van der Waals surface area contributed by atoms with E-state index in [0.717, 1.165) is 22.2 Å². The lowest BCUT2D eigenvalue weighted by Gasteiger charge is -2.05. The number of hydrogen-bond donors (Lipinski definition) is 0. The largest absolute Gasteiger partial charge is 0.343 e. The van der Waals surface area contributed by atoms with Gasteiger partial charge in [0, 0.05) is 41.8 Å². The van der Waals surface area contributed by atoms with Crippen LogP contribution in [0, 0.1) is 17.0 Å². The number of fused-ring (bicyclic) bond motifs is 1. The standard InChI is InChI=1S/C14H13ClN4O2/c1-9-12(14(15)17(2)16-9)8-18-6-5-10-7-11(19(20)21)3-4-13(10)18/h3-7H,8H2,1-2H3. The molecular weight excluding hydrogens is 292 g/mol. The molecule has 6 nitrogen and oxygen atoms in total. The molecule has 0 unspecified atom stereocenters. The molecule has 3 aromatic rings. The second-order valence-corrected chi connectivity index (χ2v) is 5.28. The van der Waals surface area contributed by atoms with Gasteiger partial charge in [0.15, 0.2) is 0 Å². The SMILES string of the molecule is Cc1nn(C)c(Cl)c1Cn1ccc2cc([N+](=O)[O-])ccc21. The molecule has 0 aliphatic carbocycles. The Hall–Kier alpha value is -2.34. The van der Waals surface area contributed by atoms with Gasteiger partial charge in [-0.05, 0) is 19.1 Å². The highest BCUT2D eigenvalue weighted by Crippen LogP contribution is 2.25. The van der Waals surface area contributed by atoms with E-state index >= 15 is 0 Å². The number of nitrogens with zero attached hydrogens (tertiary/aromatic N) is 4. The van der Waals surface area contributed by atoms with Crippen molar-refractivity contribution in [3.63, 3.8) is 0 Å². The van der Waals surface area contributed by atoms with Crippen molar-refractivity contribution in [1.29, 1.82) is 0 Å². The molecule has 0 atom stereocenters. The van der Waals surface area contributed by atoms with Gasteiger partial charge in [-0.25, -0.2) is 0 Å². The molecule has 0 amide bonds. The third-order valence-corrected chi connectivity index (χ3v) is 4.04. The van der Waals surface area contributed by atoms with Crippen LogP contribution in [0.5, 0.6) is 0 Å². The molecule has 0 saturated carbocycles. The average Bonchev–Trinajstić information content (AvgIpc) is 2.95. The van der Waals surface area contributed by atoms with Gasteiger partial charge in [0.05, 0.1) is 17.2 Å². The molecule has 0 bridgehead atoms. The number of halogens is 1. The Kier molecular flexibility index (Phi) is 3.17. The monoisotopic (exact) mass is 304 g/mol. The minimum Gasteiger partial charge on any atom is -0.343 e. The Bertz CT molecular complexity index is 850. The maximum Gasteiger partial charge on any atom is 0.270 e. The maximum absolute atomic E-state index is 10.8. The Balaban J connectivity index is 2.03. The van der Waals surface area contributed by atoms with Crippen LogP contribution < -0.4 is 0 Å². The normalized spacial score (nSPS) is 11.2. The molecule has 2 heterocycles. The fourth-order valence-electron chi connectivity index (χ4n) is 2.46. The van der Waals surface area contributed by atoms with E-state index in [9.17, 15) is 10.1 Å². The predicted octanol–water partition coefficient (Wildman–Crippen LogP) is 3.29. The molecule has 0 saturated heterocycles. The van der Waals surface area contributed by atoms with E-state index < -0.39 is 0 Å². The molecular formula is C14H13ClN4O2. The molecule has 0 fully saturated rings. The average molecular weight is 305 g/mol. The zero-order valence-corrected chi connectivity index (χ0v) is 12.3. The third kappa shape index (κ3) is 2.27. The highest BCUT2D eigenvalue weighted by molar-refractivity contribution is 6.30. The first-order valence-electron chi connectivity index (χ1n) is 6.38. The Morgan fingerprint density at radius 1 is 1.38 bits per heavy atom. The quantitative estimate of drug-likeness (QED) is 0.551. The van der Waals surface area contributed by atoms with Gasteiger partial charge in [-0.15, -0.1) is 0 Å². The second-order valence-electron chi connectivity index (χ2n) is 4.92. The molecule has 108 valence electrons. The summed E-state index contributed by atoms with van der Waals surface area (Å²) in [6, 6.07) is 6.70. The van der Waals surface area contributed by atoms with Gasteiger partial charge in [-0.1, -0.05) is 11.6 Å². The fourth-order valence-corrected chi connectivity index (χ4v) is 2.70. The summed E-state index contributed by atoms with van der Waals surface area (Å²) in [6.07, 6.45) is 1.90. The second kappa shape index (κ2) is 4.89. The van der Waals surface area contributed by atoms with E-state index in [-0.39, 0.29) is 10.6 Å². The van der Waals surface area contributed by atoms with Crippen molar-refractivity contribution in [2.45, 2.75) is 13.5 Å². The first kappa shape index (κ1) is 13.6. The highest BCUT2D eigenvalue weighted by Gasteiger charge is 2.14. The molecule has 7 heteroatoms. The molecule has 0 radical (unpaired) electrons. The molecule has 0 spiro atoms. The molecule has 21 heavy (non-hydrogen) atoms. The lowest BCUT2D eigenvalue weighted by Crippen LogP contribution is -1.99. The predicted molar refractivity (Wildman–Crippen MR) is 80.6 cm³/mol. The lowest BCUT2D eigenvalue weighted by atomic mass is 10.2. The number of non-ortho nitro benzene ring substituents is 1. The van der Waals surface area contributed by atoms with Gasteiger partial charge in [0.2, 0.25) is 0 Å². The third-order valence-electron chi connectivity index (χ3n) is 3.56. The van der Waals surface area contributed by atoms with Gasteiger partial charge in [-0.2, -0.15) is 5.10 Å². The summed E-state index contributed by atoms with van der Waals surface area (Å²) in [5.74, 6) is 0. The number of rotatable bonds is 3. The van der Waals surface area contributed by atoms with Crippen molar-refractivity contribution in [1.82, 2.24) is 14.3 Å². The number of nitro groups is 1. The summed E-state index contributed by atoms with van der Waals surface area (Å²) in [5, 5.41) is 16.5. The Labute approximate surface area is 125 Å². The summed E-state index contributed by atoms with van der Waals surface area (Å²) in [5.41, 5.74) is 2.86. The topological polar surface area (TPSA) is 65.9 Å². The summed E-state index contributed by atoms with van der Waals surface area (Å²) in [6.45, 7) is 2.50. The van der Waals surface area contributed by atoms with E-state index in [1.807, 2.05) is 23.8 Å². The van der Waals surface area contributed by atoms with E-state index in [4.69, 9.17) is 11.6 Å². The van der Waals surface area contributed by atoms with Crippen LogP contribution in [0.2, 0.25) is 5.15 Å². The summed E-state index contributed by atoms with van der Waals surface area (Å²) >= 11 is 6.25. The summed E-state index contributed by atoms with van der Waals surface area (Å²) in [4.78, 5) is 10.4. The van der Waals surface area contributed by atoms with Gasteiger partial charge >= 0.3 is 0 Å². The number of hydrogen-bond acceptors (Lipinski definition) is 3. The first-order valence-corrected chi connectivity index (χ1v) is 6.76. The van der Waals surface area contributed by atoms with Gasteiger partial charge < -0.3 is 4.57 Å². The number of aryl methyl sites for hydroxylation is 2. The number of benzene rings is 1. The van der Waals surface area contributed by atoms with Crippen molar-refractivity contribution in [3.8, 4) is 0 Å². The van der Waals surface area contributed by atoms with Crippen molar-refractivity contribution in [2.24, 2.45) is 7.05 Å². The fraction of sp³-hybridized carbons (Fsp3) is 0.214. The van der Waals surface area contributed by atoms with Crippen LogP contribution in [0.15, 0.2) is 30.5 Å². The number of nitro benzene ring substituents is 1. The molecule has 0 aliphatic rings. The van der Waals surface area contributed by atoms with Crippen LogP contribution in [-0.2, 0) is 13.6 Å². The van der Waals surface area contributed by atoms with Crippen molar-refractivity contribution >= 4 is 28.2 Å². The van der Waals surface area contributed by atoms with Crippen molar-refractivity contribution in [3.05, 3.63) is 57.0 Å². The summed E-state index contributed by atoms with van der Waals surface area (Å²) < 4.78 is 3.65. The highest BCUT2D eigenvalue weighted by atomic mass is 35.5. The molecule has 0 aliphatic heterocycles. The van der Waals surface area contributed by atoms with Crippen LogP contribution in [0.25, 0.3) is 10.9 Å². The zero-order chi connectivity index (χ0) is 15.1. The van der Waals surface area contributed by atoms with Crippen LogP contribution in [0.4, 0.5) is 5.69 Å². The van der Waals surface area contributed by atoms with Crippen LogP contribution in [0.3, 0.4) is 0 Å². The maximum atomic E-state index is 10.8. The van der Waals surface area contributed by atoms with E-state index in [1.165, 1.54) is 6.07 Å². The Morgan fingerprint density at radius 3 is 2.76 bits per heavy atom. The first-order chi connectivity index (χ1) is 9.97. The number of aromatic nitrogens is 3. The van der Waals surface area contributed by atoms with Crippen LogP contribution in [-0.4, -0.2) is 19.3 Å². The molecule has 0 N–H and O–H groups in total. The van der Waals surface area contributed by atoms with Gasteiger partial charge in [0.1, 0.15) is 5.15 Å². The van der Waals surface area contributed by atoms with Crippen molar-refractivity contribution in [2.75, 3.05) is 0 Å². The Morgan fingerprint density at radius 2 is 2.14 bits per heavy atom. The van der Waals surface area contributed by atoms with E-state index in [2.05, 4.69) is 5.10 Å². The molecule has 1 aromatic carbocycles. The van der Waals surface area contributed by atoms with E-state index in [0.29, 0.717) is 11.7 Å². The smallest absolute Gasteiger partial charge is 0.270 e. The summed E-state index contributed by atoms with van der Waals surface area (Å²) in [7, 11) is 1.80. The minimum absolute atomic E-state index is 0.0934. The van der Waals surface area contributed by atoms with Gasteiger partial charge in [-0.3, -0.25) is 14.8 Å². The molecule has 2 aromatic heterocycles. The van der Waals surface area contributed by atoms with Crippen LogP contribution >= 0.6 is 11.6 Å². The van der Waals surface area contributed by atoms with E-state index in [1.54, 1.807) is 23.9 Å². The zero-order valence-electron chi connectivity index (χ0n) is 11.6. The van der Waals surface area contributed by atoms with Gasteiger partial charge in [0.25, 0.3) is 5.69 Å². The molecule has 3 rings (SSSR count). The van der Waals surface area contributed by atoms with Crippen molar-refractivity contribution < 1.29 is 4.92 Å². The minimum atomic E-state index is -0.390.